The normalized spacial score (nSPS) is 10.7. The van der Waals surface area contributed by atoms with Crippen molar-refractivity contribution in [3.63, 3.8) is 0 Å². The summed E-state index contributed by atoms with van der Waals surface area (Å²) in [5.41, 5.74) is 0. The lowest BCUT2D eigenvalue weighted by molar-refractivity contribution is -0.137. The lowest BCUT2D eigenvalue weighted by Gasteiger charge is -2.21. The number of likely N-dealkylation sites (N-methyl/N-ethyl adjacent to an activating group) is 1. The zero-order valence-electron chi connectivity index (χ0n) is 10.8. The molecule has 1 heterocycles. The summed E-state index contributed by atoms with van der Waals surface area (Å²) < 4.78 is 5.22. The number of carboxylic acid groups (broad SMARTS) is 1. The van der Waals surface area contributed by atoms with Gasteiger partial charge in [0.25, 0.3) is 5.91 Å². The Morgan fingerprint density at radius 3 is 2.39 bits per heavy atom. The van der Waals surface area contributed by atoms with Gasteiger partial charge in [0.15, 0.2) is 5.76 Å². The zero-order valence-corrected chi connectivity index (χ0v) is 10.8. The van der Waals surface area contributed by atoms with Crippen molar-refractivity contribution < 1.29 is 19.1 Å². The van der Waals surface area contributed by atoms with Crippen molar-refractivity contribution in [3.05, 3.63) is 23.7 Å². The number of aryl methyl sites for hydroxylation is 1. The summed E-state index contributed by atoms with van der Waals surface area (Å²) in [6.45, 7) is 2.35. The standard InChI is InChI=1S/C12H18N2O4/c1-9-4-5-10(18-9)12(17)14(8-11(15)16)7-6-13(2)3/h4-5H,6-8H2,1-3H3,(H,15,16). The largest absolute Gasteiger partial charge is 0.480 e. The van der Waals surface area contributed by atoms with E-state index in [1.165, 1.54) is 4.90 Å². The zero-order chi connectivity index (χ0) is 13.7. The van der Waals surface area contributed by atoms with Gasteiger partial charge in [-0.1, -0.05) is 0 Å². The van der Waals surface area contributed by atoms with Gasteiger partial charge in [-0.05, 0) is 33.2 Å². The van der Waals surface area contributed by atoms with E-state index in [1.54, 1.807) is 19.1 Å². The lowest BCUT2D eigenvalue weighted by Crippen LogP contribution is -2.39. The predicted molar refractivity (Wildman–Crippen MR) is 65.5 cm³/mol. The van der Waals surface area contributed by atoms with Crippen LogP contribution >= 0.6 is 0 Å². The molecule has 0 radical (unpaired) electrons. The summed E-state index contributed by atoms with van der Waals surface area (Å²) in [6.07, 6.45) is 0. The van der Waals surface area contributed by atoms with Crippen LogP contribution in [0.5, 0.6) is 0 Å². The van der Waals surface area contributed by atoms with Crippen molar-refractivity contribution in [2.75, 3.05) is 33.7 Å². The maximum Gasteiger partial charge on any atom is 0.323 e. The first kappa shape index (κ1) is 14.2. The molecule has 1 amide bonds. The van der Waals surface area contributed by atoms with Gasteiger partial charge in [0, 0.05) is 13.1 Å². The van der Waals surface area contributed by atoms with Crippen LogP contribution in [0.25, 0.3) is 0 Å². The molecule has 0 aliphatic rings. The van der Waals surface area contributed by atoms with Crippen LogP contribution in [-0.4, -0.2) is 60.5 Å². The first-order valence-electron chi connectivity index (χ1n) is 5.62. The van der Waals surface area contributed by atoms with Crippen LogP contribution in [0.4, 0.5) is 0 Å². The quantitative estimate of drug-likeness (QED) is 0.808. The Bertz CT molecular complexity index is 425. The van der Waals surface area contributed by atoms with Gasteiger partial charge in [-0.2, -0.15) is 0 Å². The Morgan fingerprint density at radius 1 is 1.28 bits per heavy atom. The summed E-state index contributed by atoms with van der Waals surface area (Å²) in [4.78, 5) is 26.0. The second-order valence-electron chi connectivity index (χ2n) is 4.33. The number of amides is 1. The van der Waals surface area contributed by atoms with E-state index >= 15 is 0 Å². The Morgan fingerprint density at radius 2 is 1.94 bits per heavy atom. The third-order valence-electron chi connectivity index (χ3n) is 2.38. The Kier molecular flexibility index (Phi) is 4.91. The summed E-state index contributed by atoms with van der Waals surface area (Å²) in [7, 11) is 3.72. The highest BCUT2D eigenvalue weighted by molar-refractivity contribution is 5.93. The van der Waals surface area contributed by atoms with E-state index < -0.39 is 11.9 Å². The third kappa shape index (κ3) is 4.21. The van der Waals surface area contributed by atoms with Crippen LogP contribution in [0, 0.1) is 6.92 Å². The monoisotopic (exact) mass is 254 g/mol. The number of nitrogens with zero attached hydrogens (tertiary/aromatic N) is 2. The summed E-state index contributed by atoms with van der Waals surface area (Å²) in [5.74, 6) is -0.633. The molecule has 0 fully saturated rings. The summed E-state index contributed by atoms with van der Waals surface area (Å²) in [6, 6.07) is 3.24. The summed E-state index contributed by atoms with van der Waals surface area (Å²) in [5, 5.41) is 8.81. The van der Waals surface area contributed by atoms with E-state index in [0.717, 1.165) is 0 Å². The van der Waals surface area contributed by atoms with Gasteiger partial charge in [0.1, 0.15) is 12.3 Å². The minimum absolute atomic E-state index is 0.174. The van der Waals surface area contributed by atoms with Gasteiger partial charge in [-0.25, -0.2) is 0 Å². The minimum atomic E-state index is -1.04. The molecule has 0 saturated carbocycles. The maximum atomic E-state index is 12.1. The molecule has 6 nitrogen and oxygen atoms in total. The Balaban J connectivity index is 2.75. The highest BCUT2D eigenvalue weighted by Gasteiger charge is 2.21. The highest BCUT2D eigenvalue weighted by atomic mass is 16.4. The van der Waals surface area contributed by atoms with Gasteiger partial charge in [-0.3, -0.25) is 9.59 Å². The number of aliphatic carboxylic acids is 1. The Labute approximate surface area is 106 Å². The average molecular weight is 254 g/mol. The number of furan rings is 1. The fourth-order valence-electron chi connectivity index (χ4n) is 1.44. The minimum Gasteiger partial charge on any atom is -0.480 e. The maximum absolute atomic E-state index is 12.1. The van der Waals surface area contributed by atoms with Crippen LogP contribution in [0.2, 0.25) is 0 Å². The molecular weight excluding hydrogens is 236 g/mol. The molecule has 0 spiro atoms. The molecule has 0 atom stereocenters. The van der Waals surface area contributed by atoms with Gasteiger partial charge in [-0.15, -0.1) is 0 Å². The smallest absolute Gasteiger partial charge is 0.323 e. The first-order chi connectivity index (χ1) is 8.40. The second kappa shape index (κ2) is 6.20. The molecule has 18 heavy (non-hydrogen) atoms. The molecule has 100 valence electrons. The fraction of sp³-hybridized carbons (Fsp3) is 0.500. The van der Waals surface area contributed by atoms with Crippen LogP contribution in [-0.2, 0) is 4.79 Å². The van der Waals surface area contributed by atoms with Gasteiger partial charge in [0.05, 0.1) is 0 Å². The van der Waals surface area contributed by atoms with E-state index in [9.17, 15) is 9.59 Å². The molecule has 0 unspecified atom stereocenters. The van der Waals surface area contributed by atoms with Gasteiger partial charge in [0.2, 0.25) is 0 Å². The van der Waals surface area contributed by atoms with Crippen LogP contribution in [0.15, 0.2) is 16.5 Å². The molecular formula is C12H18N2O4. The topological polar surface area (TPSA) is 74.0 Å². The molecule has 1 aromatic rings. The first-order valence-corrected chi connectivity index (χ1v) is 5.62. The van der Waals surface area contributed by atoms with E-state index in [1.807, 2.05) is 19.0 Å². The van der Waals surface area contributed by atoms with Gasteiger partial charge >= 0.3 is 5.97 Å². The van der Waals surface area contributed by atoms with Crippen molar-refractivity contribution in [3.8, 4) is 0 Å². The highest BCUT2D eigenvalue weighted by Crippen LogP contribution is 2.09. The molecule has 1 rings (SSSR count). The van der Waals surface area contributed by atoms with Crippen LogP contribution in [0.1, 0.15) is 16.3 Å². The lowest BCUT2D eigenvalue weighted by atomic mass is 10.3. The predicted octanol–water partition coefficient (Wildman–Crippen LogP) is 0.676. The molecule has 6 heteroatoms. The van der Waals surface area contributed by atoms with Crippen LogP contribution < -0.4 is 0 Å². The molecule has 0 aliphatic heterocycles. The number of carboxylic acids is 1. The van der Waals surface area contributed by atoms with E-state index in [0.29, 0.717) is 18.8 Å². The van der Waals surface area contributed by atoms with Crippen molar-refractivity contribution >= 4 is 11.9 Å². The number of rotatable bonds is 6. The average Bonchev–Trinajstić information content (AvgIpc) is 2.69. The SMILES string of the molecule is Cc1ccc(C(=O)N(CCN(C)C)CC(=O)O)o1. The number of carbonyl (C=O) groups excluding carboxylic acids is 1. The Hall–Kier alpha value is -1.82. The molecule has 1 N–H and O–H groups in total. The molecule has 0 aliphatic carbocycles. The van der Waals surface area contributed by atoms with E-state index in [2.05, 4.69) is 0 Å². The van der Waals surface area contributed by atoms with E-state index in [4.69, 9.17) is 9.52 Å². The van der Waals surface area contributed by atoms with Gasteiger partial charge < -0.3 is 19.3 Å². The number of hydrogen-bond acceptors (Lipinski definition) is 4. The molecule has 1 aromatic heterocycles. The fourth-order valence-corrected chi connectivity index (χ4v) is 1.44. The molecule has 0 saturated heterocycles. The van der Waals surface area contributed by atoms with Crippen molar-refractivity contribution in [2.24, 2.45) is 0 Å². The van der Waals surface area contributed by atoms with Crippen molar-refractivity contribution in [1.82, 2.24) is 9.80 Å². The van der Waals surface area contributed by atoms with E-state index in [-0.39, 0.29) is 12.3 Å². The second-order valence-corrected chi connectivity index (χ2v) is 4.33. The number of carbonyl (C=O) groups is 2. The number of hydrogen-bond donors (Lipinski definition) is 1. The molecule has 0 aromatic carbocycles. The molecule has 0 bridgehead atoms. The van der Waals surface area contributed by atoms with Crippen LogP contribution in [0.3, 0.4) is 0 Å². The third-order valence-corrected chi connectivity index (χ3v) is 2.38. The van der Waals surface area contributed by atoms with Crippen molar-refractivity contribution in [2.45, 2.75) is 6.92 Å². The van der Waals surface area contributed by atoms with Crippen molar-refractivity contribution in [1.29, 1.82) is 0 Å². The summed E-state index contributed by atoms with van der Waals surface area (Å²) >= 11 is 0.